The van der Waals surface area contributed by atoms with E-state index in [-0.39, 0.29) is 24.4 Å². The van der Waals surface area contributed by atoms with Crippen LogP contribution in [0.5, 0.6) is 0 Å². The summed E-state index contributed by atoms with van der Waals surface area (Å²) in [6.07, 6.45) is 2.03. The van der Waals surface area contributed by atoms with E-state index in [4.69, 9.17) is 0 Å². The van der Waals surface area contributed by atoms with Crippen LogP contribution < -0.4 is 16.0 Å². The van der Waals surface area contributed by atoms with Gasteiger partial charge in [0.15, 0.2) is 5.82 Å². The molecule has 8 heteroatoms. The Bertz CT molecular complexity index is 530. The number of carbonyl (C=O) groups is 2. The Labute approximate surface area is 116 Å². The molecular weight excluding hydrogens is 260 g/mol. The summed E-state index contributed by atoms with van der Waals surface area (Å²) in [4.78, 5) is 23.2. The third-order valence-electron chi connectivity index (χ3n) is 3.71. The number of hydrogen-bond donors (Lipinski definition) is 3. The summed E-state index contributed by atoms with van der Waals surface area (Å²) >= 11 is 0. The highest BCUT2D eigenvalue weighted by atomic mass is 16.2. The van der Waals surface area contributed by atoms with Gasteiger partial charge in [-0.15, -0.1) is 10.2 Å². The lowest BCUT2D eigenvalue weighted by Gasteiger charge is -2.24. The number of aromatic nitrogens is 3. The lowest BCUT2D eigenvalue weighted by Crippen LogP contribution is -2.58. The van der Waals surface area contributed by atoms with Crippen LogP contribution >= 0.6 is 0 Å². The normalized spacial score (nSPS) is 23.1. The maximum atomic E-state index is 12.1. The first-order valence-corrected chi connectivity index (χ1v) is 6.87. The maximum Gasteiger partial charge on any atom is 0.239 e. The van der Waals surface area contributed by atoms with E-state index in [9.17, 15) is 9.59 Å². The van der Waals surface area contributed by atoms with Crippen molar-refractivity contribution in [1.82, 2.24) is 30.7 Å². The van der Waals surface area contributed by atoms with Crippen LogP contribution in [0.15, 0.2) is 0 Å². The zero-order chi connectivity index (χ0) is 14.1. The highest BCUT2D eigenvalue weighted by molar-refractivity contribution is 5.86. The summed E-state index contributed by atoms with van der Waals surface area (Å²) in [6.45, 7) is 3.30. The van der Waals surface area contributed by atoms with Crippen LogP contribution in [0.1, 0.15) is 31.0 Å². The minimum atomic E-state index is -0.392. The number of hydrogen-bond acceptors (Lipinski definition) is 5. The molecule has 1 fully saturated rings. The molecule has 1 saturated heterocycles. The number of carbonyl (C=O) groups excluding carboxylic acids is 2. The number of fused-ring (bicyclic) bond motifs is 1. The number of nitrogens with zero attached hydrogens (tertiary/aromatic N) is 3. The largest absolute Gasteiger partial charge is 0.353 e. The van der Waals surface area contributed by atoms with Gasteiger partial charge in [0.1, 0.15) is 11.9 Å². The Morgan fingerprint density at radius 3 is 3.10 bits per heavy atom. The molecule has 2 unspecified atom stereocenters. The second-order valence-corrected chi connectivity index (χ2v) is 5.20. The summed E-state index contributed by atoms with van der Waals surface area (Å²) in [5.41, 5.74) is 0. The fourth-order valence-electron chi connectivity index (χ4n) is 2.62. The van der Waals surface area contributed by atoms with Gasteiger partial charge in [0.2, 0.25) is 11.8 Å². The third kappa shape index (κ3) is 2.38. The van der Waals surface area contributed by atoms with Gasteiger partial charge in [0.25, 0.3) is 0 Å². The molecule has 0 radical (unpaired) electrons. The molecule has 108 valence electrons. The standard InChI is InChI=1S/C12H18N6O2/c1-7(11-17-16-9-3-2-4-18(9)11)15-12(20)8-5-14-10(19)6-13-8/h7-8,13H,2-6H2,1H3,(H,14,19)(H,15,20). The van der Waals surface area contributed by atoms with Crippen LogP contribution in [0, 0.1) is 0 Å². The number of aryl methyl sites for hydroxylation is 1. The fraction of sp³-hybridized carbons (Fsp3) is 0.667. The second kappa shape index (κ2) is 5.20. The van der Waals surface area contributed by atoms with Gasteiger partial charge in [-0.1, -0.05) is 0 Å². The number of piperazine rings is 1. The predicted molar refractivity (Wildman–Crippen MR) is 69.7 cm³/mol. The molecule has 0 bridgehead atoms. The molecule has 3 N–H and O–H groups in total. The van der Waals surface area contributed by atoms with Crippen molar-refractivity contribution in [3.8, 4) is 0 Å². The van der Waals surface area contributed by atoms with Crippen LogP contribution in [0.2, 0.25) is 0 Å². The van der Waals surface area contributed by atoms with Gasteiger partial charge in [0.05, 0.1) is 12.6 Å². The molecule has 2 aliphatic rings. The van der Waals surface area contributed by atoms with Crippen molar-refractivity contribution in [1.29, 1.82) is 0 Å². The molecule has 2 aliphatic heterocycles. The van der Waals surface area contributed by atoms with Crippen molar-refractivity contribution in [2.45, 2.75) is 38.4 Å². The predicted octanol–water partition coefficient (Wildman–Crippen LogP) is -1.51. The van der Waals surface area contributed by atoms with Crippen LogP contribution in [0.25, 0.3) is 0 Å². The molecule has 3 heterocycles. The molecule has 1 aromatic heterocycles. The third-order valence-corrected chi connectivity index (χ3v) is 3.71. The summed E-state index contributed by atoms with van der Waals surface area (Å²) in [7, 11) is 0. The monoisotopic (exact) mass is 278 g/mol. The van der Waals surface area contributed by atoms with E-state index < -0.39 is 6.04 Å². The average molecular weight is 278 g/mol. The number of amides is 2. The number of nitrogens with one attached hydrogen (secondary N) is 3. The minimum Gasteiger partial charge on any atom is -0.353 e. The van der Waals surface area contributed by atoms with Gasteiger partial charge < -0.3 is 15.2 Å². The highest BCUT2D eigenvalue weighted by Gasteiger charge is 2.27. The van der Waals surface area contributed by atoms with Gasteiger partial charge in [-0.05, 0) is 13.3 Å². The first-order chi connectivity index (χ1) is 9.65. The van der Waals surface area contributed by atoms with Crippen LogP contribution in [0.4, 0.5) is 0 Å². The highest BCUT2D eigenvalue weighted by Crippen LogP contribution is 2.18. The van der Waals surface area contributed by atoms with Crippen LogP contribution in [-0.4, -0.2) is 45.7 Å². The zero-order valence-electron chi connectivity index (χ0n) is 11.3. The molecule has 2 atom stereocenters. The Morgan fingerprint density at radius 2 is 2.35 bits per heavy atom. The summed E-state index contributed by atoms with van der Waals surface area (Å²) in [5, 5.41) is 16.8. The maximum absolute atomic E-state index is 12.1. The Balaban J connectivity index is 1.62. The van der Waals surface area contributed by atoms with Crippen molar-refractivity contribution in [2.24, 2.45) is 0 Å². The Morgan fingerprint density at radius 1 is 1.50 bits per heavy atom. The Hall–Kier alpha value is -1.96. The van der Waals surface area contributed by atoms with Gasteiger partial charge in [0, 0.05) is 19.5 Å². The zero-order valence-corrected chi connectivity index (χ0v) is 11.3. The molecular formula is C12H18N6O2. The lowest BCUT2D eigenvalue weighted by molar-refractivity contribution is -0.127. The minimum absolute atomic E-state index is 0.0858. The SMILES string of the molecule is CC(NC(=O)C1CNC(=O)CN1)c1nnc2n1CCC2. The van der Waals surface area contributed by atoms with Gasteiger partial charge in [-0.2, -0.15) is 0 Å². The molecule has 0 aliphatic carbocycles. The Kier molecular flexibility index (Phi) is 3.39. The first-order valence-electron chi connectivity index (χ1n) is 6.87. The smallest absolute Gasteiger partial charge is 0.239 e. The van der Waals surface area contributed by atoms with Crippen molar-refractivity contribution in [3.05, 3.63) is 11.6 Å². The topological polar surface area (TPSA) is 101 Å². The summed E-state index contributed by atoms with van der Waals surface area (Å²) in [5.74, 6) is 1.57. The molecule has 3 rings (SSSR count). The van der Waals surface area contributed by atoms with E-state index in [0.29, 0.717) is 6.54 Å². The van der Waals surface area contributed by atoms with Crippen molar-refractivity contribution >= 4 is 11.8 Å². The molecule has 0 spiro atoms. The number of rotatable bonds is 3. The van der Waals surface area contributed by atoms with Crippen molar-refractivity contribution in [2.75, 3.05) is 13.1 Å². The molecule has 2 amide bonds. The van der Waals surface area contributed by atoms with Gasteiger partial charge >= 0.3 is 0 Å². The fourth-order valence-corrected chi connectivity index (χ4v) is 2.62. The van der Waals surface area contributed by atoms with Crippen molar-refractivity contribution in [3.63, 3.8) is 0 Å². The quantitative estimate of drug-likeness (QED) is 0.624. The molecule has 0 saturated carbocycles. The van der Waals surface area contributed by atoms with E-state index in [0.717, 1.165) is 31.0 Å². The van der Waals surface area contributed by atoms with E-state index in [1.807, 2.05) is 6.92 Å². The molecule has 1 aromatic rings. The van der Waals surface area contributed by atoms with E-state index in [1.165, 1.54) is 0 Å². The van der Waals surface area contributed by atoms with Gasteiger partial charge in [-0.25, -0.2) is 0 Å². The van der Waals surface area contributed by atoms with Crippen LogP contribution in [-0.2, 0) is 22.6 Å². The first kappa shape index (κ1) is 13.0. The summed E-state index contributed by atoms with van der Waals surface area (Å²) < 4.78 is 2.07. The molecule has 20 heavy (non-hydrogen) atoms. The van der Waals surface area contributed by atoms with Crippen molar-refractivity contribution < 1.29 is 9.59 Å². The average Bonchev–Trinajstić information content (AvgIpc) is 3.01. The van der Waals surface area contributed by atoms with E-state index in [1.54, 1.807) is 0 Å². The van der Waals surface area contributed by atoms with Gasteiger partial charge in [-0.3, -0.25) is 14.9 Å². The van der Waals surface area contributed by atoms with E-state index in [2.05, 4.69) is 30.7 Å². The summed E-state index contributed by atoms with van der Waals surface area (Å²) in [6, 6.07) is -0.586. The molecule has 0 aromatic carbocycles. The molecule has 8 nitrogen and oxygen atoms in total. The van der Waals surface area contributed by atoms with E-state index >= 15 is 0 Å². The second-order valence-electron chi connectivity index (χ2n) is 5.20. The lowest BCUT2D eigenvalue weighted by atomic mass is 10.2. The van der Waals surface area contributed by atoms with Crippen LogP contribution in [0.3, 0.4) is 0 Å².